The number of thiazole rings is 1. The van der Waals surface area contributed by atoms with Gasteiger partial charge in [0.25, 0.3) is 0 Å². The fourth-order valence-corrected chi connectivity index (χ4v) is 1.53. The molecule has 1 aromatic rings. The second-order valence-corrected chi connectivity index (χ2v) is 3.35. The van der Waals surface area contributed by atoms with E-state index in [0.29, 0.717) is 5.01 Å². The zero-order chi connectivity index (χ0) is 10.1. The first kappa shape index (κ1) is 10.1. The molecular formula is C8H6F3NS. The lowest BCUT2D eigenvalue weighted by Crippen LogP contribution is -2.05. The summed E-state index contributed by atoms with van der Waals surface area (Å²) in [5, 5.41) is 1.30. The number of terminal acetylenes is 1. The highest BCUT2D eigenvalue weighted by molar-refractivity contribution is 7.09. The van der Waals surface area contributed by atoms with Crippen molar-refractivity contribution in [1.29, 1.82) is 0 Å². The second-order valence-electron chi connectivity index (χ2n) is 2.46. The van der Waals surface area contributed by atoms with Gasteiger partial charge in [0.1, 0.15) is 5.01 Å². The molecule has 0 fully saturated rings. The molecule has 0 aromatic carbocycles. The van der Waals surface area contributed by atoms with Crippen molar-refractivity contribution < 1.29 is 13.2 Å². The van der Waals surface area contributed by atoms with Gasteiger partial charge in [-0.1, -0.05) is 5.92 Å². The molecular weight excluding hydrogens is 199 g/mol. The Morgan fingerprint density at radius 3 is 2.62 bits per heavy atom. The van der Waals surface area contributed by atoms with Gasteiger partial charge in [-0.25, -0.2) is 4.98 Å². The molecule has 1 nitrogen and oxygen atoms in total. The minimum Gasteiger partial charge on any atom is -0.235 e. The van der Waals surface area contributed by atoms with Crippen LogP contribution in [0.1, 0.15) is 23.5 Å². The minimum atomic E-state index is -4.37. The van der Waals surface area contributed by atoms with Crippen LogP contribution in [0, 0.1) is 12.3 Å². The first-order valence-corrected chi connectivity index (χ1v) is 4.32. The lowest BCUT2D eigenvalue weighted by molar-refractivity contribution is -0.140. The molecule has 1 rings (SSSR count). The molecule has 0 N–H and O–H groups in total. The van der Waals surface area contributed by atoms with Crippen molar-refractivity contribution in [1.82, 2.24) is 4.98 Å². The van der Waals surface area contributed by atoms with E-state index < -0.39 is 11.9 Å². The van der Waals surface area contributed by atoms with Gasteiger partial charge in [0, 0.05) is 5.38 Å². The Balaban J connectivity index is 2.95. The quantitative estimate of drug-likeness (QED) is 0.642. The molecule has 0 aliphatic carbocycles. The summed E-state index contributed by atoms with van der Waals surface area (Å²) in [7, 11) is 0. The number of halogens is 3. The van der Waals surface area contributed by atoms with E-state index >= 15 is 0 Å². The molecule has 0 saturated heterocycles. The highest BCUT2D eigenvalue weighted by Crippen LogP contribution is 2.31. The Bertz CT molecular complexity index is 334. The first-order chi connectivity index (χ1) is 5.95. The summed E-state index contributed by atoms with van der Waals surface area (Å²) in [5.74, 6) is 1.97. The topological polar surface area (TPSA) is 12.9 Å². The van der Waals surface area contributed by atoms with E-state index in [1.54, 1.807) is 6.92 Å². The van der Waals surface area contributed by atoms with Crippen molar-refractivity contribution in [3.63, 3.8) is 0 Å². The third kappa shape index (κ3) is 2.22. The van der Waals surface area contributed by atoms with Crippen LogP contribution in [-0.2, 0) is 6.18 Å². The molecule has 0 unspecified atom stereocenters. The van der Waals surface area contributed by atoms with Gasteiger partial charge in [0.2, 0.25) is 0 Å². The predicted octanol–water partition coefficient (Wildman–Crippen LogP) is 2.90. The third-order valence-corrected chi connectivity index (χ3v) is 2.46. The monoisotopic (exact) mass is 205 g/mol. The lowest BCUT2D eigenvalue weighted by atomic mass is 10.2. The van der Waals surface area contributed by atoms with Crippen LogP contribution in [0.25, 0.3) is 0 Å². The van der Waals surface area contributed by atoms with Crippen LogP contribution in [0.5, 0.6) is 0 Å². The van der Waals surface area contributed by atoms with Crippen molar-refractivity contribution >= 4 is 11.3 Å². The van der Waals surface area contributed by atoms with Crippen molar-refractivity contribution in [3.8, 4) is 12.3 Å². The molecule has 1 aromatic heterocycles. The molecule has 70 valence electrons. The Morgan fingerprint density at radius 1 is 1.62 bits per heavy atom. The van der Waals surface area contributed by atoms with Gasteiger partial charge in [0.15, 0.2) is 5.69 Å². The molecule has 13 heavy (non-hydrogen) atoms. The molecule has 0 bridgehead atoms. The standard InChI is InChI=1S/C8H6F3NS/c1-3-5(2)7-12-6(4-13-7)8(9,10)11/h1,4-5H,2H3/t5-/m0/s1. The van der Waals surface area contributed by atoms with E-state index in [2.05, 4.69) is 10.9 Å². The summed E-state index contributed by atoms with van der Waals surface area (Å²) in [5.41, 5.74) is -0.866. The fourth-order valence-electron chi connectivity index (χ4n) is 0.688. The molecule has 0 spiro atoms. The van der Waals surface area contributed by atoms with Crippen molar-refractivity contribution in [2.75, 3.05) is 0 Å². The highest BCUT2D eigenvalue weighted by Gasteiger charge is 2.33. The Kier molecular flexibility index (Phi) is 2.62. The third-order valence-electron chi connectivity index (χ3n) is 1.43. The van der Waals surface area contributed by atoms with Gasteiger partial charge in [0.05, 0.1) is 5.92 Å². The number of hydrogen-bond donors (Lipinski definition) is 0. The van der Waals surface area contributed by atoms with Gasteiger partial charge in [-0.3, -0.25) is 0 Å². The van der Waals surface area contributed by atoms with Gasteiger partial charge < -0.3 is 0 Å². The number of nitrogens with zero attached hydrogens (tertiary/aromatic N) is 1. The average Bonchev–Trinajstić information content (AvgIpc) is 2.50. The molecule has 0 aliphatic rings. The number of aromatic nitrogens is 1. The van der Waals surface area contributed by atoms with Gasteiger partial charge in [-0.2, -0.15) is 13.2 Å². The van der Waals surface area contributed by atoms with Crippen LogP contribution in [0.15, 0.2) is 5.38 Å². The van der Waals surface area contributed by atoms with Crippen LogP contribution >= 0.6 is 11.3 Å². The predicted molar refractivity (Wildman–Crippen MR) is 44.4 cm³/mol. The van der Waals surface area contributed by atoms with Gasteiger partial charge in [-0.05, 0) is 6.92 Å². The number of alkyl halides is 3. The van der Waals surface area contributed by atoms with Crippen LogP contribution in [0.3, 0.4) is 0 Å². The maximum Gasteiger partial charge on any atom is 0.434 e. The van der Waals surface area contributed by atoms with E-state index in [4.69, 9.17) is 6.42 Å². The highest BCUT2D eigenvalue weighted by atomic mass is 32.1. The fraction of sp³-hybridized carbons (Fsp3) is 0.375. The Labute approximate surface area is 77.6 Å². The van der Waals surface area contributed by atoms with E-state index in [0.717, 1.165) is 16.7 Å². The maximum atomic E-state index is 12.1. The number of rotatable bonds is 1. The summed E-state index contributed by atoms with van der Waals surface area (Å²) in [4.78, 5) is 3.40. The zero-order valence-corrected chi connectivity index (χ0v) is 7.54. The largest absolute Gasteiger partial charge is 0.434 e. The molecule has 0 radical (unpaired) electrons. The van der Waals surface area contributed by atoms with E-state index in [1.807, 2.05) is 0 Å². The summed E-state index contributed by atoms with van der Waals surface area (Å²) < 4.78 is 36.2. The molecule has 0 saturated carbocycles. The molecule has 1 atom stereocenters. The normalized spacial score (nSPS) is 13.8. The van der Waals surface area contributed by atoms with E-state index in [1.165, 1.54) is 0 Å². The van der Waals surface area contributed by atoms with Crippen molar-refractivity contribution in [2.24, 2.45) is 0 Å². The maximum absolute atomic E-state index is 12.1. The zero-order valence-electron chi connectivity index (χ0n) is 6.72. The SMILES string of the molecule is C#C[C@H](C)c1nc(C(F)(F)F)cs1. The van der Waals surface area contributed by atoms with Gasteiger partial charge >= 0.3 is 6.18 Å². The summed E-state index contributed by atoms with van der Waals surface area (Å²) in [6.45, 7) is 1.64. The van der Waals surface area contributed by atoms with Crippen LogP contribution < -0.4 is 0 Å². The van der Waals surface area contributed by atoms with Crippen molar-refractivity contribution in [3.05, 3.63) is 16.1 Å². The number of hydrogen-bond acceptors (Lipinski definition) is 2. The molecule has 0 amide bonds. The Morgan fingerprint density at radius 2 is 2.23 bits per heavy atom. The van der Waals surface area contributed by atoms with E-state index in [-0.39, 0.29) is 5.92 Å². The van der Waals surface area contributed by atoms with Crippen molar-refractivity contribution in [2.45, 2.75) is 19.0 Å². The lowest BCUT2D eigenvalue weighted by Gasteiger charge is -2.00. The summed E-state index contributed by atoms with van der Waals surface area (Å²) >= 11 is 0.935. The summed E-state index contributed by atoms with van der Waals surface area (Å²) in [6.07, 6.45) is 0.686. The molecule has 1 heterocycles. The van der Waals surface area contributed by atoms with Gasteiger partial charge in [-0.15, -0.1) is 17.8 Å². The summed E-state index contributed by atoms with van der Waals surface area (Å²) in [6, 6.07) is 0. The van der Waals surface area contributed by atoms with Crippen LogP contribution in [0.2, 0.25) is 0 Å². The van der Waals surface area contributed by atoms with E-state index in [9.17, 15) is 13.2 Å². The molecule has 5 heteroatoms. The first-order valence-electron chi connectivity index (χ1n) is 3.44. The molecule has 0 aliphatic heterocycles. The van der Waals surface area contributed by atoms with Crippen LogP contribution in [0.4, 0.5) is 13.2 Å². The Hall–Kier alpha value is -1.02. The smallest absolute Gasteiger partial charge is 0.235 e. The van der Waals surface area contributed by atoms with Crippen LogP contribution in [-0.4, -0.2) is 4.98 Å². The minimum absolute atomic E-state index is 0.329. The average molecular weight is 205 g/mol. The second kappa shape index (κ2) is 3.38.